The van der Waals surface area contributed by atoms with E-state index in [0.717, 1.165) is 12.0 Å². The summed E-state index contributed by atoms with van der Waals surface area (Å²) < 4.78 is 11.4. The first-order valence-electron chi connectivity index (χ1n) is 13.0. The van der Waals surface area contributed by atoms with Gasteiger partial charge in [-0.1, -0.05) is 32.4 Å². The quantitative estimate of drug-likeness (QED) is 0.453. The van der Waals surface area contributed by atoms with Crippen LogP contribution in [0.25, 0.3) is 0 Å². The summed E-state index contributed by atoms with van der Waals surface area (Å²) in [6.07, 6.45) is 10.2. The van der Waals surface area contributed by atoms with Crippen LogP contribution in [0.4, 0.5) is 0 Å². The standard InChI is InChI=1S/C28H38O7S2/c1-16-10-18-19-7-9-28(35-24(33)15-37-5,22(31)13-34-23(32)14-36-4)27(19,3)12-21(30)25(18)26(2)8-6-17(29)11-20(16)26/h6,8,11,16,18-19,21,25,30H,7,9-10,12-15H2,1-5H3/t16?,18-,19-,21?,25+,26-,27-,28-/m0/s1. The fourth-order valence-electron chi connectivity index (χ4n) is 8.18. The van der Waals surface area contributed by atoms with Crippen LogP contribution in [0.5, 0.6) is 0 Å². The maximum absolute atomic E-state index is 13.8. The molecule has 4 aliphatic carbocycles. The Morgan fingerprint density at radius 3 is 2.49 bits per heavy atom. The number of fused-ring (bicyclic) bond motifs is 5. The monoisotopic (exact) mass is 550 g/mol. The van der Waals surface area contributed by atoms with Gasteiger partial charge in [-0.25, -0.2) is 0 Å². The van der Waals surface area contributed by atoms with E-state index in [2.05, 4.69) is 13.8 Å². The van der Waals surface area contributed by atoms with Gasteiger partial charge in [0.2, 0.25) is 5.78 Å². The van der Waals surface area contributed by atoms with Crippen LogP contribution < -0.4 is 0 Å². The minimum Gasteiger partial charge on any atom is -0.457 e. The van der Waals surface area contributed by atoms with Gasteiger partial charge in [0.1, 0.15) is 0 Å². The zero-order valence-corrected chi connectivity index (χ0v) is 23.9. The molecular formula is C28H38O7S2. The number of ketones is 2. The molecule has 4 aliphatic rings. The molecule has 0 radical (unpaired) electrons. The van der Waals surface area contributed by atoms with E-state index in [-0.39, 0.29) is 47.4 Å². The number of rotatable bonds is 8. The third-order valence-electron chi connectivity index (χ3n) is 9.56. The van der Waals surface area contributed by atoms with Crippen LogP contribution in [0.3, 0.4) is 0 Å². The first-order valence-corrected chi connectivity index (χ1v) is 15.7. The molecule has 0 bridgehead atoms. The van der Waals surface area contributed by atoms with Gasteiger partial charge in [-0.15, -0.1) is 0 Å². The van der Waals surface area contributed by atoms with Crippen molar-refractivity contribution in [2.45, 2.75) is 58.2 Å². The molecule has 1 N–H and O–H groups in total. The second kappa shape index (κ2) is 10.5. The Bertz CT molecular complexity index is 1040. The molecule has 204 valence electrons. The molecule has 37 heavy (non-hydrogen) atoms. The van der Waals surface area contributed by atoms with Gasteiger partial charge < -0.3 is 14.6 Å². The van der Waals surface area contributed by atoms with Crippen molar-refractivity contribution in [1.29, 1.82) is 0 Å². The number of Topliss-reactive ketones (excluding diaryl/α,β-unsaturated/α-hetero) is 1. The van der Waals surface area contributed by atoms with Gasteiger partial charge in [0.05, 0.1) is 17.6 Å². The smallest absolute Gasteiger partial charge is 0.316 e. The number of aliphatic hydroxyl groups excluding tert-OH is 1. The lowest BCUT2D eigenvalue weighted by molar-refractivity contribution is -0.200. The van der Waals surface area contributed by atoms with Crippen molar-refractivity contribution in [3.63, 3.8) is 0 Å². The molecule has 7 nitrogen and oxygen atoms in total. The Kier molecular flexibility index (Phi) is 8.09. The molecule has 4 rings (SSSR count). The molecule has 0 aromatic carbocycles. The number of ether oxygens (including phenoxy) is 2. The Labute approximate surface area is 227 Å². The molecule has 3 fully saturated rings. The van der Waals surface area contributed by atoms with E-state index in [1.807, 2.05) is 13.0 Å². The molecular weight excluding hydrogens is 512 g/mol. The first kappa shape index (κ1) is 28.4. The van der Waals surface area contributed by atoms with Crippen LogP contribution in [0.2, 0.25) is 0 Å². The maximum atomic E-state index is 13.8. The second-order valence-corrected chi connectivity index (χ2v) is 13.3. The zero-order valence-electron chi connectivity index (χ0n) is 22.3. The number of esters is 2. The number of hydrogen-bond acceptors (Lipinski definition) is 9. The zero-order chi connectivity index (χ0) is 27.2. The Hall–Kier alpha value is -1.58. The van der Waals surface area contributed by atoms with Crippen molar-refractivity contribution < 1.29 is 33.8 Å². The molecule has 3 saturated carbocycles. The molecule has 2 unspecified atom stereocenters. The van der Waals surface area contributed by atoms with Crippen molar-refractivity contribution in [3.05, 3.63) is 23.8 Å². The van der Waals surface area contributed by atoms with Crippen LogP contribution in [0.15, 0.2) is 23.8 Å². The fourth-order valence-corrected chi connectivity index (χ4v) is 8.80. The summed E-state index contributed by atoms with van der Waals surface area (Å²) in [6.45, 7) is 5.75. The van der Waals surface area contributed by atoms with Crippen molar-refractivity contribution in [2.24, 2.45) is 34.5 Å². The summed E-state index contributed by atoms with van der Waals surface area (Å²) >= 11 is 2.63. The normalized spacial score (nSPS) is 40.2. The molecule has 0 aromatic rings. The summed E-state index contributed by atoms with van der Waals surface area (Å²) in [4.78, 5) is 50.9. The van der Waals surface area contributed by atoms with Crippen LogP contribution in [-0.4, -0.2) is 70.9 Å². The van der Waals surface area contributed by atoms with E-state index in [1.54, 1.807) is 24.7 Å². The average molecular weight is 551 g/mol. The first-order chi connectivity index (χ1) is 17.4. The number of carbonyl (C=O) groups is 4. The van der Waals surface area contributed by atoms with Gasteiger partial charge in [-0.05, 0) is 68.1 Å². The van der Waals surface area contributed by atoms with Gasteiger partial charge >= 0.3 is 11.9 Å². The summed E-state index contributed by atoms with van der Waals surface area (Å²) in [6, 6.07) is 0. The van der Waals surface area contributed by atoms with E-state index in [1.165, 1.54) is 23.5 Å². The highest BCUT2D eigenvalue weighted by Crippen LogP contribution is 2.68. The van der Waals surface area contributed by atoms with Crippen LogP contribution in [0.1, 0.15) is 46.5 Å². The van der Waals surface area contributed by atoms with Crippen molar-refractivity contribution in [3.8, 4) is 0 Å². The summed E-state index contributed by atoms with van der Waals surface area (Å²) in [7, 11) is 0. The minimum absolute atomic E-state index is 0.0184. The lowest BCUT2D eigenvalue weighted by atomic mass is 9.44. The number of aliphatic hydroxyl groups is 1. The molecule has 0 aliphatic heterocycles. The molecule has 0 aromatic heterocycles. The van der Waals surface area contributed by atoms with Crippen molar-refractivity contribution in [1.82, 2.24) is 0 Å². The van der Waals surface area contributed by atoms with E-state index >= 15 is 0 Å². The minimum atomic E-state index is -1.46. The van der Waals surface area contributed by atoms with E-state index in [9.17, 15) is 24.3 Å². The van der Waals surface area contributed by atoms with Crippen LogP contribution >= 0.6 is 23.5 Å². The third kappa shape index (κ3) is 4.63. The number of hydrogen-bond donors (Lipinski definition) is 1. The van der Waals surface area contributed by atoms with E-state index in [0.29, 0.717) is 12.8 Å². The molecule has 0 saturated heterocycles. The van der Waals surface area contributed by atoms with Gasteiger partial charge in [0, 0.05) is 16.7 Å². The Balaban J connectivity index is 1.71. The number of carbonyl (C=O) groups excluding carboxylic acids is 4. The number of allylic oxidation sites excluding steroid dienone is 4. The molecule has 0 amide bonds. The molecule has 9 heteroatoms. The Morgan fingerprint density at radius 2 is 1.81 bits per heavy atom. The van der Waals surface area contributed by atoms with Gasteiger partial charge in [-0.2, -0.15) is 23.5 Å². The van der Waals surface area contributed by atoms with Gasteiger partial charge in [0.15, 0.2) is 18.0 Å². The largest absolute Gasteiger partial charge is 0.457 e. The lowest BCUT2D eigenvalue weighted by Gasteiger charge is -2.61. The van der Waals surface area contributed by atoms with Crippen LogP contribution in [-0.2, 0) is 28.7 Å². The van der Waals surface area contributed by atoms with Gasteiger partial charge in [0.25, 0.3) is 0 Å². The average Bonchev–Trinajstić information content (AvgIpc) is 3.11. The number of thioether (sulfide) groups is 2. The molecule has 8 atom stereocenters. The highest BCUT2D eigenvalue weighted by Gasteiger charge is 2.70. The maximum Gasteiger partial charge on any atom is 0.316 e. The van der Waals surface area contributed by atoms with Crippen LogP contribution in [0, 0.1) is 34.5 Å². The summed E-state index contributed by atoms with van der Waals surface area (Å²) in [5.41, 5.74) is -1.66. The summed E-state index contributed by atoms with van der Waals surface area (Å²) in [5.74, 6) is -0.995. The topological polar surface area (TPSA) is 107 Å². The lowest BCUT2D eigenvalue weighted by Crippen LogP contribution is -2.63. The third-order valence-corrected chi connectivity index (χ3v) is 10.6. The molecule has 0 heterocycles. The van der Waals surface area contributed by atoms with E-state index in [4.69, 9.17) is 9.47 Å². The second-order valence-electron chi connectivity index (χ2n) is 11.5. The van der Waals surface area contributed by atoms with Crippen molar-refractivity contribution in [2.75, 3.05) is 30.6 Å². The predicted octanol–water partition coefficient (Wildman–Crippen LogP) is 3.63. The highest BCUT2D eigenvalue weighted by atomic mass is 32.2. The summed E-state index contributed by atoms with van der Waals surface area (Å²) in [5, 5.41) is 11.7. The van der Waals surface area contributed by atoms with E-state index < -0.39 is 46.9 Å². The SMILES string of the molecule is CSCC(=O)OCC(=O)[C@@]1(OC(=O)CSC)CC[C@H]2[C@@H]3CC(C)C4=CC(=O)C=C[C@]4(C)[C@H]3C(O)C[C@@]21C. The fraction of sp³-hybridized carbons (Fsp3) is 0.714. The highest BCUT2D eigenvalue weighted by molar-refractivity contribution is 7.99. The predicted molar refractivity (Wildman–Crippen MR) is 144 cm³/mol. The van der Waals surface area contributed by atoms with Crippen molar-refractivity contribution >= 4 is 47.0 Å². The molecule has 0 spiro atoms. The Morgan fingerprint density at radius 1 is 1.14 bits per heavy atom. The van der Waals surface area contributed by atoms with Gasteiger partial charge in [-0.3, -0.25) is 19.2 Å².